The molecule has 5 aromatic carbocycles. The summed E-state index contributed by atoms with van der Waals surface area (Å²) in [7, 11) is 0. The van der Waals surface area contributed by atoms with Crippen molar-refractivity contribution in [2.45, 2.75) is 0 Å². The molecule has 192 valence electrons. The van der Waals surface area contributed by atoms with Gasteiger partial charge in [0, 0.05) is 22.5 Å². The third-order valence-electron chi connectivity index (χ3n) is 7.15. The number of carbonyl (C=O) groups is 1. The van der Waals surface area contributed by atoms with Crippen molar-refractivity contribution < 1.29 is 9.90 Å². The minimum atomic E-state index is -1.01. The van der Waals surface area contributed by atoms with Gasteiger partial charge in [0.2, 0.25) is 0 Å². The lowest BCUT2D eigenvalue weighted by Crippen LogP contribution is -1.97. The molecule has 0 aliphatic rings. The Hall–Kier alpha value is -5.41. The molecular formula is C37H27NO2. The van der Waals surface area contributed by atoms with Crippen molar-refractivity contribution in [3.05, 3.63) is 162 Å². The zero-order valence-corrected chi connectivity index (χ0v) is 21.9. The number of carboxylic acid groups (broad SMARTS) is 1. The summed E-state index contributed by atoms with van der Waals surface area (Å²) in [5.41, 5.74) is 8.55. The molecule has 0 aliphatic heterocycles. The second-order valence-corrected chi connectivity index (χ2v) is 9.68. The van der Waals surface area contributed by atoms with Crippen LogP contribution in [0.1, 0.15) is 27.8 Å². The predicted octanol–water partition coefficient (Wildman–Crippen LogP) is 9.11. The summed E-state index contributed by atoms with van der Waals surface area (Å²) >= 11 is 0. The maximum Gasteiger partial charge on any atom is 0.335 e. The molecule has 40 heavy (non-hydrogen) atoms. The van der Waals surface area contributed by atoms with E-state index in [0.29, 0.717) is 5.56 Å². The largest absolute Gasteiger partial charge is 0.478 e. The molecule has 0 amide bonds. The average Bonchev–Trinajstić information content (AvgIpc) is 3.32. The number of fused-ring (bicyclic) bond motifs is 3. The van der Waals surface area contributed by atoms with Crippen molar-refractivity contribution >= 4 is 57.3 Å². The predicted molar refractivity (Wildman–Crippen MR) is 168 cm³/mol. The van der Waals surface area contributed by atoms with Crippen LogP contribution in [0.15, 0.2) is 134 Å². The standard InChI is InChI=1S/C37H27NO2/c1-26(37(39)40)29-21-18-27(19-22-29)16-17-28-20-23-36-33(24-28)32-14-8-9-15-35(32)38(36)25-34(30-10-4-2-5-11-30)31-12-6-3-7-13-31/h2-25H,1H2,(H,39,40). The number of rotatable bonds is 7. The zero-order chi connectivity index (χ0) is 27.5. The molecule has 3 heteroatoms. The number of carboxylic acids is 1. The van der Waals surface area contributed by atoms with Crippen LogP contribution < -0.4 is 0 Å². The first-order valence-electron chi connectivity index (χ1n) is 13.1. The molecule has 3 nitrogen and oxygen atoms in total. The van der Waals surface area contributed by atoms with Crippen molar-refractivity contribution in [2.75, 3.05) is 0 Å². The number of hydrogen-bond acceptors (Lipinski definition) is 1. The van der Waals surface area contributed by atoms with Gasteiger partial charge in [-0.2, -0.15) is 0 Å². The second kappa shape index (κ2) is 10.8. The second-order valence-electron chi connectivity index (χ2n) is 9.68. The Labute approximate surface area is 233 Å². The first-order valence-corrected chi connectivity index (χ1v) is 13.1. The first kappa shape index (κ1) is 24.9. The lowest BCUT2D eigenvalue weighted by atomic mass is 9.99. The van der Waals surface area contributed by atoms with E-state index < -0.39 is 5.97 Å². The molecule has 1 aromatic heterocycles. The van der Waals surface area contributed by atoms with Gasteiger partial charge in [-0.1, -0.05) is 128 Å². The topological polar surface area (TPSA) is 42.2 Å². The summed E-state index contributed by atoms with van der Waals surface area (Å²) in [6.07, 6.45) is 6.37. The number of nitrogens with zero attached hydrogens (tertiary/aromatic N) is 1. The highest BCUT2D eigenvalue weighted by atomic mass is 16.4. The van der Waals surface area contributed by atoms with Gasteiger partial charge in [-0.05, 0) is 46.0 Å². The van der Waals surface area contributed by atoms with E-state index in [4.69, 9.17) is 5.11 Å². The maximum absolute atomic E-state index is 11.2. The number of para-hydroxylation sites is 1. The minimum absolute atomic E-state index is 0.0918. The average molecular weight is 518 g/mol. The monoisotopic (exact) mass is 517 g/mol. The van der Waals surface area contributed by atoms with E-state index in [9.17, 15) is 4.79 Å². The Bertz CT molecular complexity index is 1870. The van der Waals surface area contributed by atoms with Gasteiger partial charge in [0.25, 0.3) is 0 Å². The fourth-order valence-corrected chi connectivity index (χ4v) is 5.06. The molecule has 0 atom stereocenters. The van der Waals surface area contributed by atoms with Crippen LogP contribution in [0.4, 0.5) is 0 Å². The Balaban J connectivity index is 1.43. The van der Waals surface area contributed by atoms with Crippen LogP contribution in [0, 0.1) is 0 Å². The molecule has 0 saturated heterocycles. The smallest absolute Gasteiger partial charge is 0.335 e. The van der Waals surface area contributed by atoms with Crippen molar-refractivity contribution in [2.24, 2.45) is 0 Å². The number of benzene rings is 5. The van der Waals surface area contributed by atoms with Crippen LogP contribution in [-0.2, 0) is 4.79 Å². The molecule has 0 radical (unpaired) electrons. The summed E-state index contributed by atoms with van der Waals surface area (Å²) in [6.45, 7) is 3.63. The molecular weight excluding hydrogens is 490 g/mol. The van der Waals surface area contributed by atoms with Gasteiger partial charge < -0.3 is 9.67 Å². The van der Waals surface area contributed by atoms with Gasteiger partial charge in [-0.3, -0.25) is 0 Å². The highest BCUT2D eigenvalue weighted by Crippen LogP contribution is 2.33. The number of aliphatic carboxylic acids is 1. The third kappa shape index (κ3) is 4.89. The fourth-order valence-electron chi connectivity index (χ4n) is 5.06. The highest BCUT2D eigenvalue weighted by Gasteiger charge is 2.12. The molecule has 1 N–H and O–H groups in total. The van der Waals surface area contributed by atoms with Crippen molar-refractivity contribution in [1.82, 2.24) is 4.57 Å². The van der Waals surface area contributed by atoms with Crippen molar-refractivity contribution in [3.8, 4) is 0 Å². The minimum Gasteiger partial charge on any atom is -0.478 e. The van der Waals surface area contributed by atoms with Gasteiger partial charge in [-0.15, -0.1) is 0 Å². The van der Waals surface area contributed by atoms with E-state index in [1.54, 1.807) is 12.1 Å². The molecule has 0 bridgehead atoms. The van der Waals surface area contributed by atoms with E-state index >= 15 is 0 Å². The van der Waals surface area contributed by atoms with Crippen LogP contribution in [0.25, 0.3) is 51.3 Å². The zero-order valence-electron chi connectivity index (χ0n) is 21.9. The van der Waals surface area contributed by atoms with E-state index in [1.807, 2.05) is 30.3 Å². The summed E-state index contributed by atoms with van der Waals surface area (Å²) in [5.74, 6) is -1.01. The fraction of sp³-hybridized carbons (Fsp3) is 0. The summed E-state index contributed by atoms with van der Waals surface area (Å²) < 4.78 is 2.29. The summed E-state index contributed by atoms with van der Waals surface area (Å²) in [5, 5.41) is 11.5. The Kier molecular flexibility index (Phi) is 6.70. The molecule has 0 aliphatic carbocycles. The normalized spacial score (nSPS) is 11.2. The molecule has 0 spiro atoms. The van der Waals surface area contributed by atoms with Gasteiger partial charge in [0.15, 0.2) is 0 Å². The van der Waals surface area contributed by atoms with Crippen LogP contribution in [0.3, 0.4) is 0 Å². The van der Waals surface area contributed by atoms with E-state index in [-0.39, 0.29) is 5.57 Å². The lowest BCUT2D eigenvalue weighted by Gasteiger charge is -2.11. The third-order valence-corrected chi connectivity index (χ3v) is 7.15. The molecule has 6 rings (SSSR count). The highest BCUT2D eigenvalue weighted by molar-refractivity contribution is 6.14. The Morgan fingerprint density at radius 3 is 1.80 bits per heavy atom. The van der Waals surface area contributed by atoms with Gasteiger partial charge in [0.1, 0.15) is 0 Å². The van der Waals surface area contributed by atoms with Gasteiger partial charge >= 0.3 is 5.97 Å². The number of hydrogen-bond donors (Lipinski definition) is 1. The summed E-state index contributed by atoms with van der Waals surface area (Å²) in [4.78, 5) is 11.2. The van der Waals surface area contributed by atoms with Gasteiger partial charge in [0.05, 0.1) is 16.6 Å². The van der Waals surface area contributed by atoms with Crippen molar-refractivity contribution in [3.63, 3.8) is 0 Å². The molecule has 1 heterocycles. The lowest BCUT2D eigenvalue weighted by molar-refractivity contribution is -0.130. The Morgan fingerprint density at radius 1 is 0.600 bits per heavy atom. The van der Waals surface area contributed by atoms with E-state index in [1.165, 1.54) is 10.8 Å². The van der Waals surface area contributed by atoms with Crippen molar-refractivity contribution in [1.29, 1.82) is 0 Å². The number of aromatic nitrogens is 1. The Morgan fingerprint density at radius 2 is 1.15 bits per heavy atom. The van der Waals surface area contributed by atoms with E-state index in [2.05, 4.69) is 114 Å². The molecule has 6 aromatic rings. The SMILES string of the molecule is C=C(C(=O)O)c1ccc(C=Cc2ccc3c(c2)c2ccccc2n3C=C(c2ccccc2)c2ccccc2)cc1. The maximum atomic E-state index is 11.2. The van der Waals surface area contributed by atoms with Crippen LogP contribution in [0.2, 0.25) is 0 Å². The van der Waals surface area contributed by atoms with E-state index in [0.717, 1.165) is 38.9 Å². The molecule has 0 fully saturated rings. The van der Waals surface area contributed by atoms with Crippen LogP contribution >= 0.6 is 0 Å². The van der Waals surface area contributed by atoms with Crippen LogP contribution in [-0.4, -0.2) is 15.6 Å². The summed E-state index contributed by atoms with van der Waals surface area (Å²) in [6, 6.07) is 43.4. The first-order chi connectivity index (χ1) is 19.6. The van der Waals surface area contributed by atoms with Crippen LogP contribution in [0.5, 0.6) is 0 Å². The quantitative estimate of drug-likeness (QED) is 0.169. The molecule has 0 saturated carbocycles. The van der Waals surface area contributed by atoms with Gasteiger partial charge in [-0.25, -0.2) is 4.79 Å². The molecule has 0 unspecified atom stereocenters.